The van der Waals surface area contributed by atoms with Gasteiger partial charge in [-0.25, -0.2) is 0 Å². The van der Waals surface area contributed by atoms with Crippen LogP contribution in [0.1, 0.15) is 39.5 Å². The van der Waals surface area contributed by atoms with Crippen molar-refractivity contribution in [3.8, 4) is 0 Å². The van der Waals surface area contributed by atoms with Crippen LogP contribution in [-0.2, 0) is 4.74 Å². The van der Waals surface area contributed by atoms with Gasteiger partial charge in [0.1, 0.15) is 0 Å². The Balaban J connectivity index is 2.04. The van der Waals surface area contributed by atoms with Crippen molar-refractivity contribution in [1.82, 2.24) is 0 Å². The zero-order chi connectivity index (χ0) is 8.82. The average molecular weight is 169 g/mol. The highest BCUT2D eigenvalue weighted by Gasteiger charge is 2.50. The van der Waals surface area contributed by atoms with Crippen molar-refractivity contribution >= 4 is 0 Å². The predicted octanol–water partition coefficient (Wildman–Crippen LogP) is 1.68. The first-order chi connectivity index (χ1) is 5.58. The van der Waals surface area contributed by atoms with E-state index in [1.54, 1.807) is 0 Å². The number of hydrogen-bond donors (Lipinski definition) is 1. The summed E-state index contributed by atoms with van der Waals surface area (Å²) in [5.41, 5.74) is 5.82. The standard InChI is InChI=1S/C10H19NO/c1-9(7-11)5-6-10(2,12-9)8-3-4-8/h8H,3-7,11H2,1-2H3. The Kier molecular flexibility index (Phi) is 1.74. The summed E-state index contributed by atoms with van der Waals surface area (Å²) in [5.74, 6) is 0.825. The molecule has 2 atom stereocenters. The molecule has 2 unspecified atom stereocenters. The number of rotatable bonds is 2. The van der Waals surface area contributed by atoms with E-state index in [0.717, 1.165) is 12.3 Å². The van der Waals surface area contributed by atoms with E-state index in [1.807, 2.05) is 0 Å². The van der Waals surface area contributed by atoms with E-state index < -0.39 is 0 Å². The van der Waals surface area contributed by atoms with Gasteiger partial charge in [0.25, 0.3) is 0 Å². The van der Waals surface area contributed by atoms with Gasteiger partial charge in [0.05, 0.1) is 11.2 Å². The monoisotopic (exact) mass is 169 g/mol. The maximum atomic E-state index is 6.08. The Hall–Kier alpha value is -0.0800. The van der Waals surface area contributed by atoms with Crippen LogP contribution >= 0.6 is 0 Å². The molecular formula is C10H19NO. The van der Waals surface area contributed by atoms with Crippen LogP contribution in [0.15, 0.2) is 0 Å². The van der Waals surface area contributed by atoms with Gasteiger partial charge < -0.3 is 10.5 Å². The summed E-state index contributed by atoms with van der Waals surface area (Å²) in [7, 11) is 0. The van der Waals surface area contributed by atoms with E-state index in [9.17, 15) is 0 Å². The maximum absolute atomic E-state index is 6.08. The lowest BCUT2D eigenvalue weighted by Crippen LogP contribution is -2.38. The third-order valence-electron chi connectivity index (χ3n) is 3.50. The molecule has 0 aromatic heterocycles. The van der Waals surface area contributed by atoms with Crippen molar-refractivity contribution in [1.29, 1.82) is 0 Å². The second kappa shape index (κ2) is 2.46. The zero-order valence-corrected chi connectivity index (χ0v) is 8.10. The lowest BCUT2D eigenvalue weighted by Gasteiger charge is -2.29. The van der Waals surface area contributed by atoms with Gasteiger partial charge in [-0.1, -0.05) is 0 Å². The van der Waals surface area contributed by atoms with Crippen LogP contribution < -0.4 is 5.73 Å². The van der Waals surface area contributed by atoms with Gasteiger partial charge in [-0.2, -0.15) is 0 Å². The molecule has 0 spiro atoms. The lowest BCUT2D eigenvalue weighted by atomic mass is 9.94. The van der Waals surface area contributed by atoms with Crippen LogP contribution in [-0.4, -0.2) is 17.7 Å². The molecule has 0 bridgehead atoms. The van der Waals surface area contributed by atoms with Gasteiger partial charge in [0, 0.05) is 6.54 Å². The van der Waals surface area contributed by atoms with E-state index in [4.69, 9.17) is 10.5 Å². The van der Waals surface area contributed by atoms with Crippen LogP contribution in [0.2, 0.25) is 0 Å². The summed E-state index contributed by atoms with van der Waals surface area (Å²) in [6, 6.07) is 0. The Morgan fingerprint density at radius 1 is 1.33 bits per heavy atom. The fraction of sp³-hybridized carbons (Fsp3) is 1.00. The van der Waals surface area contributed by atoms with Crippen molar-refractivity contribution in [2.45, 2.75) is 50.7 Å². The van der Waals surface area contributed by atoms with Crippen LogP contribution in [0.5, 0.6) is 0 Å². The largest absolute Gasteiger partial charge is 0.368 e. The third-order valence-corrected chi connectivity index (χ3v) is 3.50. The predicted molar refractivity (Wildman–Crippen MR) is 48.9 cm³/mol. The molecule has 1 saturated carbocycles. The minimum absolute atomic E-state index is 0.0304. The molecule has 0 radical (unpaired) electrons. The van der Waals surface area contributed by atoms with Gasteiger partial charge in [0.15, 0.2) is 0 Å². The summed E-state index contributed by atoms with van der Waals surface area (Å²) in [6.45, 7) is 5.06. The summed E-state index contributed by atoms with van der Waals surface area (Å²) in [5, 5.41) is 0. The van der Waals surface area contributed by atoms with Crippen LogP contribution in [0.3, 0.4) is 0 Å². The van der Waals surface area contributed by atoms with Crippen LogP contribution in [0.25, 0.3) is 0 Å². The summed E-state index contributed by atoms with van der Waals surface area (Å²) < 4.78 is 6.08. The second-order valence-corrected chi connectivity index (χ2v) is 4.84. The number of nitrogens with two attached hydrogens (primary N) is 1. The molecule has 0 amide bonds. The molecule has 2 aliphatic rings. The van der Waals surface area contributed by atoms with Gasteiger partial charge in [-0.3, -0.25) is 0 Å². The minimum atomic E-state index is -0.0304. The summed E-state index contributed by atoms with van der Waals surface area (Å²) in [4.78, 5) is 0. The zero-order valence-electron chi connectivity index (χ0n) is 8.10. The molecule has 0 aromatic rings. The van der Waals surface area contributed by atoms with Gasteiger partial charge in [-0.15, -0.1) is 0 Å². The van der Waals surface area contributed by atoms with Gasteiger partial charge >= 0.3 is 0 Å². The van der Waals surface area contributed by atoms with E-state index in [1.165, 1.54) is 19.3 Å². The Morgan fingerprint density at radius 3 is 2.42 bits per heavy atom. The molecule has 1 aliphatic carbocycles. The van der Waals surface area contributed by atoms with Crippen LogP contribution in [0.4, 0.5) is 0 Å². The molecule has 2 fully saturated rings. The van der Waals surface area contributed by atoms with Crippen molar-refractivity contribution in [2.75, 3.05) is 6.54 Å². The molecule has 2 nitrogen and oxygen atoms in total. The fourth-order valence-corrected chi connectivity index (χ4v) is 2.30. The fourth-order valence-electron chi connectivity index (χ4n) is 2.30. The van der Waals surface area contributed by atoms with Crippen molar-refractivity contribution in [2.24, 2.45) is 11.7 Å². The molecule has 2 rings (SSSR count). The van der Waals surface area contributed by atoms with E-state index in [0.29, 0.717) is 6.54 Å². The second-order valence-electron chi connectivity index (χ2n) is 4.84. The van der Waals surface area contributed by atoms with Crippen molar-refractivity contribution < 1.29 is 4.74 Å². The molecule has 0 aromatic carbocycles. The van der Waals surface area contributed by atoms with Gasteiger partial charge in [-0.05, 0) is 45.4 Å². The molecule has 12 heavy (non-hydrogen) atoms. The third kappa shape index (κ3) is 1.27. The van der Waals surface area contributed by atoms with Crippen molar-refractivity contribution in [3.63, 3.8) is 0 Å². The van der Waals surface area contributed by atoms with E-state index in [2.05, 4.69) is 13.8 Å². The molecule has 70 valence electrons. The quantitative estimate of drug-likeness (QED) is 0.682. The van der Waals surface area contributed by atoms with E-state index in [-0.39, 0.29) is 11.2 Å². The Labute approximate surface area is 74.5 Å². The molecule has 1 aliphatic heterocycles. The normalized spacial score (nSPS) is 48.2. The smallest absolute Gasteiger partial charge is 0.0784 e. The highest BCUT2D eigenvalue weighted by Crippen LogP contribution is 2.50. The number of hydrogen-bond acceptors (Lipinski definition) is 2. The average Bonchev–Trinajstić information content (AvgIpc) is 2.81. The first-order valence-corrected chi connectivity index (χ1v) is 4.98. The highest BCUT2D eigenvalue weighted by atomic mass is 16.5. The van der Waals surface area contributed by atoms with Crippen molar-refractivity contribution in [3.05, 3.63) is 0 Å². The van der Waals surface area contributed by atoms with Crippen LogP contribution in [0, 0.1) is 5.92 Å². The molecule has 2 N–H and O–H groups in total. The highest BCUT2D eigenvalue weighted by molar-refractivity contribution is 5.01. The first-order valence-electron chi connectivity index (χ1n) is 4.98. The minimum Gasteiger partial charge on any atom is -0.368 e. The topological polar surface area (TPSA) is 35.2 Å². The lowest BCUT2D eigenvalue weighted by molar-refractivity contribution is -0.0913. The summed E-state index contributed by atoms with van der Waals surface area (Å²) in [6.07, 6.45) is 5.05. The maximum Gasteiger partial charge on any atom is 0.0784 e. The molecule has 1 heterocycles. The molecular weight excluding hydrogens is 150 g/mol. The Bertz CT molecular complexity index is 190. The first kappa shape index (κ1) is 8.52. The molecule has 2 heteroatoms. The molecule has 1 saturated heterocycles. The Morgan fingerprint density at radius 2 is 2.00 bits per heavy atom. The summed E-state index contributed by atoms with van der Waals surface area (Å²) >= 11 is 0. The van der Waals surface area contributed by atoms with E-state index >= 15 is 0 Å². The van der Waals surface area contributed by atoms with Gasteiger partial charge in [0.2, 0.25) is 0 Å². The number of ether oxygens (including phenoxy) is 1. The SMILES string of the molecule is CC1(CN)CCC(C)(C2CC2)O1.